The molecule has 4 aliphatic carbocycles. The molecule has 4 atom stereocenters. The van der Waals surface area contributed by atoms with Crippen LogP contribution in [0.4, 0.5) is 30.8 Å². The fourth-order valence-corrected chi connectivity index (χ4v) is 7.79. The summed E-state index contributed by atoms with van der Waals surface area (Å²) in [6.07, 6.45) is 0.0524. The van der Waals surface area contributed by atoms with E-state index in [4.69, 9.17) is 21.1 Å². The van der Waals surface area contributed by atoms with Crippen LogP contribution < -0.4 is 31.3 Å². The standard InChI is InChI=1S/C38H44ClF3N8O6/c1-36(2)24-7-4-22(27(36)18-24)19-44-31(53)30(52)43-17-14-28(32(54)55-3)46-29(51)21-5-12-26(13-6-21)45-33-47-34(49-35(48-33)56-20-38(40,41)42)50-37(15-16-37)23-8-10-25(39)11-9-23/h5-6,8-13,22,24,27-28H,4,7,14-20H2,1-3H3,(H,43,52)(H,44,53)(H,46,51)(H2,45,47,48,49,50)/t22?,24-,27-,28-/m0/s1. The maximum atomic E-state index is 13.1. The molecule has 0 saturated heterocycles. The number of nitrogens with one attached hydrogen (secondary N) is 5. The van der Waals surface area contributed by atoms with Gasteiger partial charge in [0.2, 0.25) is 11.9 Å². The van der Waals surface area contributed by atoms with E-state index in [0.29, 0.717) is 41.9 Å². The van der Waals surface area contributed by atoms with Crippen molar-refractivity contribution in [1.29, 1.82) is 0 Å². The Balaban J connectivity index is 1.03. The van der Waals surface area contributed by atoms with Crippen molar-refractivity contribution in [2.45, 2.75) is 70.1 Å². The lowest BCUT2D eigenvalue weighted by Crippen LogP contribution is -2.55. The molecular weight excluding hydrogens is 757 g/mol. The van der Waals surface area contributed by atoms with Crippen LogP contribution in [0.1, 0.15) is 68.3 Å². The van der Waals surface area contributed by atoms with E-state index in [0.717, 1.165) is 37.9 Å². The maximum absolute atomic E-state index is 13.1. The van der Waals surface area contributed by atoms with Crippen molar-refractivity contribution in [2.75, 3.05) is 37.4 Å². The predicted octanol–water partition coefficient (Wildman–Crippen LogP) is 5.28. The first-order valence-corrected chi connectivity index (χ1v) is 18.7. The number of anilines is 3. The number of amides is 3. The molecule has 0 aliphatic heterocycles. The Morgan fingerprint density at radius 2 is 1.61 bits per heavy atom. The first-order chi connectivity index (χ1) is 26.5. The van der Waals surface area contributed by atoms with Crippen LogP contribution >= 0.6 is 11.6 Å². The minimum absolute atomic E-state index is 0.0198. The minimum atomic E-state index is -4.63. The molecule has 300 valence electrons. The molecule has 2 bridgehead atoms. The average Bonchev–Trinajstić information content (AvgIpc) is 3.95. The SMILES string of the molecule is COC(=O)[C@H](CCNC(=O)C(=O)NCC1CC[C@H]2C[C@@H]1C2(C)C)NC(=O)c1ccc(Nc2nc(NC3(c4ccc(Cl)cc4)CC3)nc(OCC(F)(F)F)n2)cc1. The van der Waals surface area contributed by atoms with E-state index in [-0.39, 0.29) is 35.8 Å². The Morgan fingerprint density at radius 1 is 0.929 bits per heavy atom. The van der Waals surface area contributed by atoms with Crippen molar-refractivity contribution in [3.63, 3.8) is 0 Å². The van der Waals surface area contributed by atoms with Crippen LogP contribution in [-0.4, -0.2) is 77.7 Å². The van der Waals surface area contributed by atoms with Crippen LogP contribution in [0.25, 0.3) is 0 Å². The zero-order valence-electron chi connectivity index (χ0n) is 31.1. The van der Waals surface area contributed by atoms with E-state index in [1.165, 1.54) is 24.3 Å². The zero-order chi connectivity index (χ0) is 40.3. The average molecular weight is 801 g/mol. The van der Waals surface area contributed by atoms with Crippen LogP contribution in [0.15, 0.2) is 48.5 Å². The predicted molar refractivity (Wildman–Crippen MR) is 199 cm³/mol. The smallest absolute Gasteiger partial charge is 0.422 e. The molecular formula is C38H44ClF3N8O6. The molecule has 14 nitrogen and oxygen atoms in total. The minimum Gasteiger partial charge on any atom is -0.467 e. The second-order valence-corrected chi connectivity index (χ2v) is 15.5. The molecule has 1 heterocycles. The van der Waals surface area contributed by atoms with E-state index in [1.807, 2.05) is 12.1 Å². The molecule has 3 amide bonds. The number of carbonyl (C=O) groups excluding carboxylic acids is 4. The third-order valence-electron chi connectivity index (χ3n) is 11.1. The van der Waals surface area contributed by atoms with Gasteiger partial charge in [0.1, 0.15) is 6.04 Å². The third-order valence-corrected chi connectivity index (χ3v) is 11.4. The van der Waals surface area contributed by atoms with Gasteiger partial charge in [0.05, 0.1) is 12.6 Å². The van der Waals surface area contributed by atoms with E-state index in [1.54, 1.807) is 12.1 Å². The molecule has 1 aromatic heterocycles. The van der Waals surface area contributed by atoms with E-state index < -0.39 is 54.1 Å². The Hall–Kier alpha value is -5.19. The first kappa shape index (κ1) is 40.5. The van der Waals surface area contributed by atoms with Crippen molar-refractivity contribution < 1.29 is 41.8 Å². The summed E-state index contributed by atoms with van der Waals surface area (Å²) in [6.45, 7) is 3.25. The zero-order valence-corrected chi connectivity index (χ0v) is 31.9. The normalized spacial score (nSPS) is 20.7. The summed E-state index contributed by atoms with van der Waals surface area (Å²) < 4.78 is 48.6. The second-order valence-electron chi connectivity index (χ2n) is 15.1. The van der Waals surface area contributed by atoms with Gasteiger partial charge in [-0.1, -0.05) is 37.6 Å². The molecule has 1 unspecified atom stereocenters. The number of fused-ring (bicyclic) bond motifs is 2. The molecule has 56 heavy (non-hydrogen) atoms. The van der Waals surface area contributed by atoms with Crippen LogP contribution in [0.5, 0.6) is 6.01 Å². The molecule has 4 fully saturated rings. The summed E-state index contributed by atoms with van der Waals surface area (Å²) in [5.41, 5.74) is 1.13. The van der Waals surface area contributed by atoms with E-state index in [2.05, 4.69) is 55.4 Å². The lowest BCUT2D eigenvalue weighted by molar-refractivity contribution is -0.154. The Labute approximate surface area is 326 Å². The summed E-state index contributed by atoms with van der Waals surface area (Å²) in [6, 6.07) is 11.3. The van der Waals surface area contributed by atoms with Crippen LogP contribution in [-0.2, 0) is 24.7 Å². The number of ether oxygens (including phenoxy) is 2. The monoisotopic (exact) mass is 800 g/mol. The number of halogens is 4. The fraction of sp³-hybridized carbons (Fsp3) is 0.500. The van der Waals surface area contributed by atoms with Crippen LogP contribution in [0.3, 0.4) is 0 Å². The topological polar surface area (TPSA) is 186 Å². The Kier molecular flexibility index (Phi) is 11.9. The number of esters is 1. The van der Waals surface area contributed by atoms with Gasteiger partial charge >= 0.3 is 30.0 Å². The molecule has 3 aromatic rings. The largest absolute Gasteiger partial charge is 0.467 e. The van der Waals surface area contributed by atoms with Gasteiger partial charge in [-0.05, 0) is 104 Å². The number of aromatic nitrogens is 3. The molecule has 0 spiro atoms. The van der Waals surface area contributed by atoms with Crippen molar-refractivity contribution in [3.8, 4) is 6.01 Å². The highest BCUT2D eigenvalue weighted by Crippen LogP contribution is 2.61. The number of hydrogen-bond acceptors (Lipinski definition) is 11. The number of hydrogen-bond donors (Lipinski definition) is 5. The summed E-state index contributed by atoms with van der Waals surface area (Å²) in [7, 11) is 1.16. The maximum Gasteiger partial charge on any atom is 0.422 e. The number of alkyl halides is 3. The van der Waals surface area contributed by atoms with Crippen molar-refractivity contribution in [1.82, 2.24) is 30.9 Å². The fourth-order valence-electron chi connectivity index (χ4n) is 7.66. The Bertz CT molecular complexity index is 1930. The highest BCUT2D eigenvalue weighted by Gasteiger charge is 2.54. The molecule has 2 aromatic carbocycles. The van der Waals surface area contributed by atoms with Gasteiger partial charge < -0.3 is 36.1 Å². The lowest BCUT2D eigenvalue weighted by atomic mass is 9.45. The highest BCUT2D eigenvalue weighted by atomic mass is 35.5. The van der Waals surface area contributed by atoms with Gasteiger partial charge in [-0.15, -0.1) is 0 Å². The summed E-state index contributed by atoms with van der Waals surface area (Å²) >= 11 is 6.04. The van der Waals surface area contributed by atoms with Crippen molar-refractivity contribution >= 4 is 52.9 Å². The van der Waals surface area contributed by atoms with Crippen molar-refractivity contribution in [2.24, 2.45) is 23.2 Å². The number of rotatable bonds is 15. The molecule has 4 saturated carbocycles. The number of carbonyl (C=O) groups is 4. The van der Waals surface area contributed by atoms with Crippen LogP contribution in [0, 0.1) is 23.2 Å². The number of benzene rings is 2. The van der Waals surface area contributed by atoms with Gasteiger partial charge in [0, 0.05) is 29.4 Å². The number of methoxy groups -OCH3 is 1. The molecule has 0 radical (unpaired) electrons. The highest BCUT2D eigenvalue weighted by molar-refractivity contribution is 6.35. The lowest BCUT2D eigenvalue weighted by Gasteiger charge is -2.60. The van der Waals surface area contributed by atoms with Gasteiger partial charge in [0.25, 0.3) is 5.91 Å². The van der Waals surface area contributed by atoms with Gasteiger partial charge in [-0.3, -0.25) is 14.4 Å². The molecule has 4 aliphatic rings. The van der Waals surface area contributed by atoms with Crippen molar-refractivity contribution in [3.05, 3.63) is 64.7 Å². The summed E-state index contributed by atoms with van der Waals surface area (Å²) in [5.74, 6) is -1.53. The summed E-state index contributed by atoms with van der Waals surface area (Å²) in [4.78, 5) is 63.0. The molecule has 18 heteroatoms. The quantitative estimate of drug-likeness (QED) is 0.0996. The number of nitrogens with zero attached hydrogens (tertiary/aromatic N) is 3. The van der Waals surface area contributed by atoms with Gasteiger partial charge in [0.15, 0.2) is 6.61 Å². The summed E-state index contributed by atoms with van der Waals surface area (Å²) in [5, 5.41) is 14.5. The third kappa shape index (κ3) is 9.78. The first-order valence-electron chi connectivity index (χ1n) is 18.4. The van der Waals surface area contributed by atoms with E-state index in [9.17, 15) is 32.3 Å². The van der Waals surface area contributed by atoms with Crippen LogP contribution in [0.2, 0.25) is 5.02 Å². The van der Waals surface area contributed by atoms with Gasteiger partial charge in [-0.2, -0.15) is 28.1 Å². The second kappa shape index (κ2) is 16.5. The van der Waals surface area contributed by atoms with Gasteiger partial charge in [-0.25, -0.2) is 4.79 Å². The molecule has 7 rings (SSSR count). The molecule has 5 N–H and O–H groups in total. The Morgan fingerprint density at radius 3 is 2.23 bits per heavy atom. The van der Waals surface area contributed by atoms with E-state index >= 15 is 0 Å².